The molecule has 0 atom stereocenters. The van der Waals surface area contributed by atoms with Crippen LogP contribution in [0, 0.1) is 0 Å². The van der Waals surface area contributed by atoms with Crippen LogP contribution in [-0.4, -0.2) is 30.6 Å². The predicted molar refractivity (Wildman–Crippen MR) is 87.8 cm³/mol. The van der Waals surface area contributed by atoms with Crippen molar-refractivity contribution in [3.05, 3.63) is 0 Å². The predicted octanol–water partition coefficient (Wildman–Crippen LogP) is 2.18. The van der Waals surface area contributed by atoms with Gasteiger partial charge in [-0.1, -0.05) is 19.3 Å². The minimum atomic E-state index is -0.223. The first-order valence-corrected chi connectivity index (χ1v) is 6.84. The third-order valence-corrected chi connectivity index (χ3v) is 2.92. The van der Waals surface area contributed by atoms with Crippen LogP contribution in [0.15, 0.2) is 4.99 Å². The summed E-state index contributed by atoms with van der Waals surface area (Å²) in [5.74, 6) is 0.221. The van der Waals surface area contributed by atoms with Crippen LogP contribution in [0.5, 0.6) is 0 Å². The van der Waals surface area contributed by atoms with E-state index in [9.17, 15) is 4.79 Å². The van der Waals surface area contributed by atoms with Crippen LogP contribution in [0.4, 0.5) is 0 Å². The second-order valence-corrected chi connectivity index (χ2v) is 5.03. The lowest BCUT2D eigenvalue weighted by Crippen LogP contribution is -2.41. The topological polar surface area (TPSA) is 76.7 Å². The molecule has 3 N–H and O–H groups in total. The second kappa shape index (κ2) is 10.3. The van der Waals surface area contributed by atoms with E-state index < -0.39 is 0 Å². The van der Waals surface area contributed by atoms with E-state index in [4.69, 9.17) is 10.5 Å². The Morgan fingerprint density at radius 3 is 2.58 bits per heavy atom. The molecule has 0 spiro atoms. The molecule has 1 saturated carbocycles. The molecule has 19 heavy (non-hydrogen) atoms. The zero-order valence-electron chi connectivity index (χ0n) is 11.9. The van der Waals surface area contributed by atoms with Gasteiger partial charge in [-0.25, -0.2) is 0 Å². The number of ether oxygens (including phenoxy) is 1. The summed E-state index contributed by atoms with van der Waals surface area (Å²) in [5, 5.41) is 3.21. The van der Waals surface area contributed by atoms with E-state index in [1.54, 1.807) is 0 Å². The van der Waals surface area contributed by atoms with E-state index in [-0.39, 0.29) is 42.5 Å². The molecule has 0 unspecified atom stereocenters. The average molecular weight is 383 g/mol. The molecule has 5 nitrogen and oxygen atoms in total. The number of nitrogens with two attached hydrogens (primary N) is 1. The van der Waals surface area contributed by atoms with Crippen LogP contribution < -0.4 is 11.1 Å². The lowest BCUT2D eigenvalue weighted by Gasteiger charge is -2.23. The highest BCUT2D eigenvalue weighted by molar-refractivity contribution is 14.0. The van der Waals surface area contributed by atoms with E-state index in [0.29, 0.717) is 18.5 Å². The molecule has 0 heterocycles. The lowest BCUT2D eigenvalue weighted by atomic mass is 9.96. The number of hydrogen-bond donors (Lipinski definition) is 2. The molecule has 0 radical (unpaired) electrons. The van der Waals surface area contributed by atoms with Crippen molar-refractivity contribution in [2.75, 3.05) is 6.54 Å². The normalized spacial score (nSPS) is 16.9. The molecule has 112 valence electrons. The van der Waals surface area contributed by atoms with Crippen molar-refractivity contribution in [1.29, 1.82) is 0 Å². The summed E-state index contributed by atoms with van der Waals surface area (Å²) in [6.45, 7) is 4.05. The maximum atomic E-state index is 11.3. The number of carbonyl (C=O) groups is 1. The number of hydrogen-bond acceptors (Lipinski definition) is 3. The highest BCUT2D eigenvalue weighted by Crippen LogP contribution is 2.16. The molecule has 1 aliphatic carbocycles. The zero-order valence-corrected chi connectivity index (χ0v) is 14.2. The Morgan fingerprint density at radius 1 is 1.37 bits per heavy atom. The Kier molecular flexibility index (Phi) is 9.99. The van der Waals surface area contributed by atoms with Gasteiger partial charge in [0.15, 0.2) is 5.96 Å². The number of nitrogens with zero attached hydrogens (tertiary/aromatic N) is 1. The number of aliphatic imine (C=N–C) groups is 1. The smallest absolute Gasteiger partial charge is 0.307 e. The first kappa shape index (κ1) is 18.5. The van der Waals surface area contributed by atoms with Gasteiger partial charge in [0.1, 0.15) is 0 Å². The van der Waals surface area contributed by atoms with E-state index in [0.717, 1.165) is 12.8 Å². The van der Waals surface area contributed by atoms with E-state index in [1.807, 2.05) is 13.8 Å². The van der Waals surface area contributed by atoms with Crippen molar-refractivity contribution in [2.45, 2.75) is 64.5 Å². The molecule has 6 heteroatoms. The maximum absolute atomic E-state index is 11.3. The van der Waals surface area contributed by atoms with Gasteiger partial charge in [0, 0.05) is 6.04 Å². The van der Waals surface area contributed by atoms with E-state index in [1.165, 1.54) is 19.3 Å². The number of esters is 1. The van der Waals surface area contributed by atoms with E-state index in [2.05, 4.69) is 10.3 Å². The first-order valence-electron chi connectivity index (χ1n) is 6.84. The molecule has 0 aliphatic heterocycles. The summed E-state index contributed by atoms with van der Waals surface area (Å²) in [5.41, 5.74) is 5.78. The molecule has 0 bridgehead atoms. The van der Waals surface area contributed by atoms with Gasteiger partial charge < -0.3 is 15.8 Å². The number of guanidine groups is 1. The zero-order chi connectivity index (χ0) is 13.4. The molecule has 1 aliphatic rings. The highest BCUT2D eigenvalue weighted by Gasteiger charge is 2.13. The van der Waals surface area contributed by atoms with Crippen LogP contribution >= 0.6 is 24.0 Å². The fourth-order valence-electron chi connectivity index (χ4n) is 2.09. The van der Waals surface area contributed by atoms with Gasteiger partial charge in [0.2, 0.25) is 0 Å². The second-order valence-electron chi connectivity index (χ2n) is 5.03. The Bertz CT molecular complexity index is 290. The monoisotopic (exact) mass is 383 g/mol. The molecule has 0 saturated heterocycles. The van der Waals surface area contributed by atoms with Crippen LogP contribution in [-0.2, 0) is 9.53 Å². The minimum absolute atomic E-state index is 0. The quantitative estimate of drug-likeness (QED) is 0.330. The SMILES string of the molecule is CC(C)OC(=O)CCN=C(N)NC1CCCCC1.I. The van der Waals surface area contributed by atoms with Gasteiger partial charge in [-0.2, -0.15) is 0 Å². The van der Waals surface area contributed by atoms with Crippen LogP contribution in [0.1, 0.15) is 52.4 Å². The Labute approximate surface area is 132 Å². The van der Waals surface area contributed by atoms with Gasteiger partial charge >= 0.3 is 5.97 Å². The Morgan fingerprint density at radius 2 is 2.00 bits per heavy atom. The molecule has 0 amide bonds. The Balaban J connectivity index is 0.00000324. The van der Waals surface area contributed by atoms with Gasteiger partial charge in [0.05, 0.1) is 19.1 Å². The van der Waals surface area contributed by atoms with Crippen molar-refractivity contribution < 1.29 is 9.53 Å². The van der Waals surface area contributed by atoms with Gasteiger partial charge in [-0.3, -0.25) is 9.79 Å². The van der Waals surface area contributed by atoms with E-state index >= 15 is 0 Å². The van der Waals surface area contributed by atoms with Gasteiger partial charge in [-0.05, 0) is 26.7 Å². The van der Waals surface area contributed by atoms with Gasteiger partial charge in [0.25, 0.3) is 0 Å². The molecular formula is C13H26IN3O2. The van der Waals surface area contributed by atoms with Crippen molar-refractivity contribution in [3.63, 3.8) is 0 Å². The first-order chi connectivity index (χ1) is 8.58. The fourth-order valence-corrected chi connectivity index (χ4v) is 2.09. The van der Waals surface area contributed by atoms with Crippen LogP contribution in [0.25, 0.3) is 0 Å². The number of nitrogens with one attached hydrogen (secondary N) is 1. The third kappa shape index (κ3) is 9.07. The van der Waals surface area contributed by atoms with Crippen molar-refractivity contribution in [1.82, 2.24) is 5.32 Å². The molecule has 0 aromatic heterocycles. The van der Waals surface area contributed by atoms with Crippen molar-refractivity contribution in [2.24, 2.45) is 10.7 Å². The number of carbonyl (C=O) groups excluding carboxylic acids is 1. The maximum Gasteiger partial charge on any atom is 0.307 e. The van der Waals surface area contributed by atoms with Crippen molar-refractivity contribution >= 4 is 35.9 Å². The summed E-state index contributed by atoms with van der Waals surface area (Å²) >= 11 is 0. The third-order valence-electron chi connectivity index (χ3n) is 2.92. The summed E-state index contributed by atoms with van der Waals surface area (Å²) < 4.78 is 5.01. The Hall–Kier alpha value is -0.530. The highest BCUT2D eigenvalue weighted by atomic mass is 127. The van der Waals surface area contributed by atoms with Crippen molar-refractivity contribution in [3.8, 4) is 0 Å². The molecule has 1 fully saturated rings. The fraction of sp³-hybridized carbons (Fsp3) is 0.846. The summed E-state index contributed by atoms with van der Waals surface area (Å²) in [7, 11) is 0. The lowest BCUT2D eigenvalue weighted by molar-refractivity contribution is -0.147. The van der Waals surface area contributed by atoms with Crippen LogP contribution in [0.2, 0.25) is 0 Å². The van der Waals surface area contributed by atoms with Gasteiger partial charge in [-0.15, -0.1) is 24.0 Å². The summed E-state index contributed by atoms with van der Waals surface area (Å²) in [6, 6.07) is 0.449. The number of rotatable bonds is 5. The summed E-state index contributed by atoms with van der Waals surface area (Å²) in [6.07, 6.45) is 6.36. The summed E-state index contributed by atoms with van der Waals surface area (Å²) in [4.78, 5) is 15.4. The molecular weight excluding hydrogens is 357 g/mol. The van der Waals surface area contributed by atoms with Crippen LogP contribution in [0.3, 0.4) is 0 Å². The average Bonchev–Trinajstić information content (AvgIpc) is 2.29. The molecule has 0 aromatic carbocycles. The number of halogens is 1. The molecule has 0 aromatic rings. The largest absolute Gasteiger partial charge is 0.463 e. The minimum Gasteiger partial charge on any atom is -0.463 e. The molecule has 1 rings (SSSR count). The standard InChI is InChI=1S/C13H25N3O2.HI/c1-10(2)18-12(17)8-9-15-13(14)16-11-6-4-3-5-7-11;/h10-11H,3-9H2,1-2H3,(H3,14,15,16);1H.